The van der Waals surface area contributed by atoms with E-state index >= 15 is 0 Å². The smallest absolute Gasteiger partial charge is 0.225 e. The summed E-state index contributed by atoms with van der Waals surface area (Å²) in [7, 11) is 0. The summed E-state index contributed by atoms with van der Waals surface area (Å²) in [6.07, 6.45) is 4.42. The molecule has 5 heteroatoms. The molecule has 1 amide bonds. The molecule has 1 unspecified atom stereocenters. The Balaban J connectivity index is 1.37. The van der Waals surface area contributed by atoms with Gasteiger partial charge in [-0.05, 0) is 31.4 Å². The van der Waals surface area contributed by atoms with Crippen LogP contribution in [-0.4, -0.2) is 44.8 Å². The zero-order valence-electron chi connectivity index (χ0n) is 13.0. The number of fused-ring (bicyclic) bond motifs is 1. The van der Waals surface area contributed by atoms with E-state index in [0.717, 1.165) is 18.0 Å². The second kappa shape index (κ2) is 7.49. The first kappa shape index (κ1) is 15.2. The maximum absolute atomic E-state index is 12.0. The maximum Gasteiger partial charge on any atom is 0.225 e. The number of quaternary nitrogens is 1. The maximum atomic E-state index is 12.0. The summed E-state index contributed by atoms with van der Waals surface area (Å²) in [6.45, 7) is 4.35. The molecule has 22 heavy (non-hydrogen) atoms. The first-order valence-electron chi connectivity index (χ1n) is 8.30. The molecule has 120 valence electrons. The number of hydrogen-bond donors (Lipinski definition) is 2. The van der Waals surface area contributed by atoms with E-state index in [1.807, 2.05) is 24.3 Å². The van der Waals surface area contributed by atoms with Gasteiger partial charge in [0.1, 0.15) is 12.7 Å². The molecule has 1 aromatic rings. The van der Waals surface area contributed by atoms with E-state index < -0.39 is 0 Å². The summed E-state index contributed by atoms with van der Waals surface area (Å²) in [5.74, 6) is 1.64. The highest BCUT2D eigenvalue weighted by molar-refractivity contribution is 5.75. The number of carbonyl (C=O) groups is 1. The fourth-order valence-corrected chi connectivity index (χ4v) is 3.07. The van der Waals surface area contributed by atoms with Gasteiger partial charge in [-0.25, -0.2) is 0 Å². The normalized spacial score (nSPS) is 21.4. The second-order valence-electron chi connectivity index (χ2n) is 6.11. The quantitative estimate of drug-likeness (QED) is 0.828. The van der Waals surface area contributed by atoms with Gasteiger partial charge in [-0.1, -0.05) is 12.1 Å². The summed E-state index contributed by atoms with van der Waals surface area (Å²) < 4.78 is 11.5. The van der Waals surface area contributed by atoms with E-state index in [9.17, 15) is 4.79 Å². The molecule has 2 N–H and O–H groups in total. The van der Waals surface area contributed by atoms with Crippen molar-refractivity contribution in [2.24, 2.45) is 0 Å². The van der Waals surface area contributed by atoms with Crippen LogP contribution in [0.5, 0.6) is 11.5 Å². The number of likely N-dealkylation sites (tertiary alicyclic amines) is 1. The van der Waals surface area contributed by atoms with E-state index in [4.69, 9.17) is 9.47 Å². The summed E-state index contributed by atoms with van der Waals surface area (Å²) in [6, 6.07) is 7.63. The lowest BCUT2D eigenvalue weighted by Crippen LogP contribution is -3.12. The zero-order chi connectivity index (χ0) is 15.2. The van der Waals surface area contributed by atoms with Gasteiger partial charge in [0.05, 0.1) is 32.6 Å². The molecule has 1 fully saturated rings. The molecule has 0 spiro atoms. The van der Waals surface area contributed by atoms with Gasteiger partial charge in [0, 0.05) is 0 Å². The van der Waals surface area contributed by atoms with Crippen LogP contribution >= 0.6 is 0 Å². The van der Waals surface area contributed by atoms with Crippen molar-refractivity contribution in [3.8, 4) is 11.5 Å². The van der Waals surface area contributed by atoms with Crippen LogP contribution in [0.3, 0.4) is 0 Å². The first-order chi connectivity index (χ1) is 10.8. The van der Waals surface area contributed by atoms with Crippen LogP contribution in [0.1, 0.15) is 25.7 Å². The van der Waals surface area contributed by atoms with Crippen molar-refractivity contribution in [1.29, 1.82) is 0 Å². The number of para-hydroxylation sites is 2. The molecule has 2 aliphatic rings. The first-order valence-corrected chi connectivity index (χ1v) is 8.30. The molecule has 5 nitrogen and oxygen atoms in total. The molecule has 0 radical (unpaired) electrons. The summed E-state index contributed by atoms with van der Waals surface area (Å²) >= 11 is 0. The lowest BCUT2D eigenvalue weighted by molar-refractivity contribution is -0.904. The molecular formula is C17H25N2O3+. The zero-order valence-corrected chi connectivity index (χ0v) is 13.0. The second-order valence-corrected chi connectivity index (χ2v) is 6.11. The third-order valence-corrected chi connectivity index (χ3v) is 4.36. The number of piperidine rings is 1. The minimum Gasteiger partial charge on any atom is -0.486 e. The molecule has 1 saturated heterocycles. The van der Waals surface area contributed by atoms with Crippen molar-refractivity contribution in [2.75, 3.05) is 32.8 Å². The molecule has 2 aliphatic heterocycles. The number of carbonyl (C=O) groups excluding carboxylic acids is 1. The Hall–Kier alpha value is -1.75. The number of nitrogens with one attached hydrogen (secondary N) is 2. The van der Waals surface area contributed by atoms with Crippen molar-refractivity contribution in [3.05, 3.63) is 24.3 Å². The van der Waals surface area contributed by atoms with Gasteiger partial charge < -0.3 is 19.7 Å². The van der Waals surface area contributed by atoms with E-state index in [1.165, 1.54) is 32.4 Å². The topological polar surface area (TPSA) is 52.0 Å². The van der Waals surface area contributed by atoms with Crippen LogP contribution in [0.2, 0.25) is 0 Å². The highest BCUT2D eigenvalue weighted by Crippen LogP contribution is 2.30. The van der Waals surface area contributed by atoms with Gasteiger partial charge in [0.15, 0.2) is 11.5 Å². The predicted octanol–water partition coefficient (Wildman–Crippen LogP) is 0.402. The Morgan fingerprint density at radius 3 is 2.77 bits per heavy atom. The molecule has 0 saturated carbocycles. The third-order valence-electron chi connectivity index (χ3n) is 4.36. The molecule has 0 bridgehead atoms. The van der Waals surface area contributed by atoms with Crippen LogP contribution in [-0.2, 0) is 4.79 Å². The van der Waals surface area contributed by atoms with Crippen LogP contribution < -0.4 is 19.7 Å². The van der Waals surface area contributed by atoms with Gasteiger partial charge in [0.2, 0.25) is 5.91 Å². The number of benzene rings is 1. The van der Waals surface area contributed by atoms with Crippen molar-refractivity contribution in [3.63, 3.8) is 0 Å². The molecule has 1 atom stereocenters. The predicted molar refractivity (Wildman–Crippen MR) is 83.4 cm³/mol. The number of ether oxygens (including phenoxy) is 2. The van der Waals surface area contributed by atoms with Crippen molar-refractivity contribution < 1.29 is 19.2 Å². The van der Waals surface area contributed by atoms with Gasteiger partial charge in [-0.15, -0.1) is 0 Å². The summed E-state index contributed by atoms with van der Waals surface area (Å²) in [5, 5.41) is 2.97. The third kappa shape index (κ3) is 4.13. The summed E-state index contributed by atoms with van der Waals surface area (Å²) in [4.78, 5) is 13.5. The van der Waals surface area contributed by atoms with Crippen LogP contribution in [0, 0.1) is 0 Å². The molecule has 2 heterocycles. The van der Waals surface area contributed by atoms with Gasteiger partial charge in [0.25, 0.3) is 0 Å². The van der Waals surface area contributed by atoms with E-state index in [2.05, 4.69) is 5.32 Å². The van der Waals surface area contributed by atoms with Crippen LogP contribution in [0.4, 0.5) is 0 Å². The fourth-order valence-electron chi connectivity index (χ4n) is 3.07. The average Bonchev–Trinajstić information content (AvgIpc) is 2.59. The Labute approximate surface area is 131 Å². The van der Waals surface area contributed by atoms with E-state index in [0.29, 0.717) is 19.6 Å². The van der Waals surface area contributed by atoms with Crippen molar-refractivity contribution >= 4 is 5.91 Å². The molecular weight excluding hydrogens is 280 g/mol. The Morgan fingerprint density at radius 2 is 1.95 bits per heavy atom. The Kier molecular flexibility index (Phi) is 5.16. The van der Waals surface area contributed by atoms with Crippen molar-refractivity contribution in [2.45, 2.75) is 31.8 Å². The lowest BCUT2D eigenvalue weighted by atomic mass is 10.1. The van der Waals surface area contributed by atoms with E-state index in [-0.39, 0.29) is 12.0 Å². The summed E-state index contributed by atoms with van der Waals surface area (Å²) in [5.41, 5.74) is 0. The fraction of sp³-hybridized carbons (Fsp3) is 0.588. The standard InChI is InChI=1S/C17H24N2O3/c20-17(8-11-19-9-4-1-5-10-19)18-12-14-13-21-15-6-2-3-7-16(15)22-14/h2-3,6-7,14H,1,4-5,8-13H2,(H,18,20)/p+1. The SMILES string of the molecule is O=C(CC[NH+]1CCCCC1)NCC1COc2ccccc2O1. The molecule has 0 aromatic heterocycles. The monoisotopic (exact) mass is 305 g/mol. The lowest BCUT2D eigenvalue weighted by Gasteiger charge is -2.26. The minimum absolute atomic E-state index is 0.110. The number of hydrogen-bond acceptors (Lipinski definition) is 3. The van der Waals surface area contributed by atoms with Gasteiger partial charge in [-0.3, -0.25) is 4.79 Å². The highest BCUT2D eigenvalue weighted by atomic mass is 16.6. The largest absolute Gasteiger partial charge is 0.486 e. The van der Waals surface area contributed by atoms with Crippen LogP contribution in [0.25, 0.3) is 0 Å². The molecule has 3 rings (SSSR count). The highest BCUT2D eigenvalue weighted by Gasteiger charge is 2.21. The van der Waals surface area contributed by atoms with Crippen molar-refractivity contribution in [1.82, 2.24) is 5.32 Å². The Morgan fingerprint density at radius 1 is 1.18 bits per heavy atom. The minimum atomic E-state index is -0.110. The molecule has 0 aliphatic carbocycles. The Bertz CT molecular complexity index is 500. The molecule has 1 aromatic carbocycles. The van der Waals surface area contributed by atoms with Crippen LogP contribution in [0.15, 0.2) is 24.3 Å². The number of rotatable bonds is 5. The van der Waals surface area contributed by atoms with Gasteiger partial charge in [-0.2, -0.15) is 0 Å². The average molecular weight is 305 g/mol. The van der Waals surface area contributed by atoms with E-state index in [1.54, 1.807) is 4.90 Å². The number of amides is 1. The van der Waals surface area contributed by atoms with Gasteiger partial charge >= 0.3 is 0 Å².